The Labute approximate surface area is 176 Å². The zero-order valence-electron chi connectivity index (χ0n) is 19.3. The molecule has 2 heterocycles. The second-order valence-corrected chi connectivity index (χ2v) is 11.4. The molecule has 0 aromatic carbocycles. The maximum atomic E-state index is 14.1. The number of hydrogen-bond acceptors (Lipinski definition) is 4. The molecule has 3 rings (SSSR count). The third kappa shape index (κ3) is 4.20. The van der Waals surface area contributed by atoms with Gasteiger partial charge in [0.25, 0.3) is 11.8 Å². The van der Waals surface area contributed by atoms with Crippen LogP contribution in [-0.2, 0) is 14.3 Å². The minimum atomic E-state index is -1.33. The van der Waals surface area contributed by atoms with E-state index < -0.39 is 17.2 Å². The molecule has 1 atom stereocenters. The molecule has 29 heavy (non-hydrogen) atoms. The number of nitrogens with one attached hydrogen (secondary N) is 1. The maximum Gasteiger partial charge on any atom is 0.271 e. The molecule has 6 heteroatoms. The molecule has 1 spiro atoms. The average Bonchev–Trinajstić information content (AvgIpc) is 2.80. The molecule has 6 nitrogen and oxygen atoms in total. The standard InChI is InChI=1S/C23H41N3O3/c1-16(2)12-13-23(18(24)27)26(17-10-8-7-9-11-17)19(28)22(29-23)14-20(3,4)25-21(5,6)15-22/h16-17,25H,7-15H2,1-6H3,(H2,24,27). The molecule has 2 aliphatic heterocycles. The van der Waals surface area contributed by atoms with Crippen LogP contribution in [0.2, 0.25) is 0 Å². The summed E-state index contributed by atoms with van der Waals surface area (Å²) in [5.41, 5.74) is 3.15. The van der Waals surface area contributed by atoms with Gasteiger partial charge < -0.3 is 20.7 Å². The fourth-order valence-electron chi connectivity index (χ4n) is 6.27. The van der Waals surface area contributed by atoms with Crippen molar-refractivity contribution in [1.29, 1.82) is 0 Å². The molecule has 1 saturated carbocycles. The van der Waals surface area contributed by atoms with Crippen molar-refractivity contribution in [3.8, 4) is 0 Å². The Balaban J connectivity index is 2.07. The second kappa shape index (κ2) is 7.52. The van der Waals surface area contributed by atoms with Crippen LogP contribution in [0.1, 0.15) is 99.3 Å². The highest BCUT2D eigenvalue weighted by Crippen LogP contribution is 2.51. The molecule has 0 aromatic heterocycles. The van der Waals surface area contributed by atoms with E-state index >= 15 is 0 Å². The topological polar surface area (TPSA) is 84.7 Å². The maximum absolute atomic E-state index is 14.1. The Kier molecular flexibility index (Phi) is 5.85. The summed E-state index contributed by atoms with van der Waals surface area (Å²) in [5, 5.41) is 3.64. The average molecular weight is 408 g/mol. The van der Waals surface area contributed by atoms with Crippen molar-refractivity contribution >= 4 is 11.8 Å². The van der Waals surface area contributed by atoms with Crippen molar-refractivity contribution in [3.63, 3.8) is 0 Å². The monoisotopic (exact) mass is 407 g/mol. The van der Waals surface area contributed by atoms with E-state index in [4.69, 9.17) is 10.5 Å². The van der Waals surface area contributed by atoms with E-state index in [1.807, 2.05) is 4.90 Å². The van der Waals surface area contributed by atoms with Crippen molar-refractivity contribution in [2.75, 3.05) is 0 Å². The molecule has 1 aliphatic carbocycles. The molecular weight excluding hydrogens is 366 g/mol. The molecule has 166 valence electrons. The Bertz CT molecular complexity index is 636. The lowest BCUT2D eigenvalue weighted by molar-refractivity contribution is -0.188. The van der Waals surface area contributed by atoms with Gasteiger partial charge in [-0.1, -0.05) is 33.1 Å². The van der Waals surface area contributed by atoms with Crippen molar-refractivity contribution in [2.45, 2.75) is 128 Å². The van der Waals surface area contributed by atoms with Crippen LogP contribution in [0.4, 0.5) is 0 Å². The van der Waals surface area contributed by atoms with Crippen LogP contribution < -0.4 is 11.1 Å². The zero-order chi connectivity index (χ0) is 21.7. The highest BCUT2D eigenvalue weighted by atomic mass is 16.6. The van der Waals surface area contributed by atoms with Crippen LogP contribution in [0, 0.1) is 5.92 Å². The lowest BCUT2D eigenvalue weighted by atomic mass is 9.72. The molecule has 3 aliphatic rings. The van der Waals surface area contributed by atoms with E-state index in [1.54, 1.807) is 0 Å². The second-order valence-electron chi connectivity index (χ2n) is 11.4. The number of amides is 2. The van der Waals surface area contributed by atoms with Crippen LogP contribution in [0.3, 0.4) is 0 Å². The molecule has 0 radical (unpaired) electrons. The molecule has 0 aromatic rings. The van der Waals surface area contributed by atoms with E-state index in [-0.39, 0.29) is 23.0 Å². The van der Waals surface area contributed by atoms with Crippen LogP contribution in [0.25, 0.3) is 0 Å². The van der Waals surface area contributed by atoms with Crippen LogP contribution in [0.5, 0.6) is 0 Å². The predicted octanol–water partition coefficient (Wildman–Crippen LogP) is 3.48. The van der Waals surface area contributed by atoms with Gasteiger partial charge in [0.05, 0.1) is 0 Å². The Hall–Kier alpha value is -1.14. The van der Waals surface area contributed by atoms with Gasteiger partial charge in [0.2, 0.25) is 5.72 Å². The molecule has 0 bridgehead atoms. The summed E-state index contributed by atoms with van der Waals surface area (Å²) in [7, 11) is 0. The van der Waals surface area contributed by atoms with E-state index in [2.05, 4.69) is 46.9 Å². The largest absolute Gasteiger partial charge is 0.365 e. The summed E-state index contributed by atoms with van der Waals surface area (Å²) in [4.78, 5) is 28.9. The summed E-state index contributed by atoms with van der Waals surface area (Å²) in [6.07, 6.45) is 7.55. The van der Waals surface area contributed by atoms with E-state index in [0.717, 1.165) is 32.1 Å². The van der Waals surface area contributed by atoms with Gasteiger partial charge >= 0.3 is 0 Å². The fraction of sp³-hybridized carbons (Fsp3) is 0.913. The van der Waals surface area contributed by atoms with Crippen molar-refractivity contribution in [3.05, 3.63) is 0 Å². The van der Waals surface area contributed by atoms with Gasteiger partial charge in [-0.05, 0) is 52.9 Å². The van der Waals surface area contributed by atoms with Crippen molar-refractivity contribution in [2.24, 2.45) is 11.7 Å². The first-order chi connectivity index (χ1) is 13.3. The minimum absolute atomic E-state index is 0.0189. The quantitative estimate of drug-likeness (QED) is 0.731. The van der Waals surface area contributed by atoms with Gasteiger partial charge in [-0.25, -0.2) is 0 Å². The molecule has 2 saturated heterocycles. The number of carbonyl (C=O) groups is 2. The Morgan fingerprint density at radius 1 is 1.14 bits per heavy atom. The van der Waals surface area contributed by atoms with E-state index in [9.17, 15) is 9.59 Å². The first kappa shape index (κ1) is 22.5. The van der Waals surface area contributed by atoms with Crippen LogP contribution >= 0.6 is 0 Å². The number of hydrogen-bond donors (Lipinski definition) is 2. The number of ether oxygens (including phenoxy) is 1. The molecule has 2 amide bonds. The van der Waals surface area contributed by atoms with Gasteiger partial charge in [-0.2, -0.15) is 0 Å². The number of primary amides is 1. The summed E-state index contributed by atoms with van der Waals surface area (Å²) in [6.45, 7) is 12.7. The normalized spacial score (nSPS) is 31.6. The number of carbonyl (C=O) groups excluding carboxylic acids is 2. The predicted molar refractivity (Wildman–Crippen MR) is 114 cm³/mol. The lowest BCUT2D eigenvalue weighted by Crippen LogP contribution is -2.65. The van der Waals surface area contributed by atoms with E-state index in [1.165, 1.54) is 6.42 Å². The zero-order valence-corrected chi connectivity index (χ0v) is 19.3. The minimum Gasteiger partial charge on any atom is -0.365 e. The smallest absolute Gasteiger partial charge is 0.271 e. The van der Waals surface area contributed by atoms with Gasteiger partial charge in [0.15, 0.2) is 5.60 Å². The van der Waals surface area contributed by atoms with Gasteiger partial charge in [-0.15, -0.1) is 0 Å². The summed E-state index contributed by atoms with van der Waals surface area (Å²) >= 11 is 0. The molecule has 3 fully saturated rings. The van der Waals surface area contributed by atoms with E-state index in [0.29, 0.717) is 25.2 Å². The SMILES string of the molecule is CC(C)CCC1(C(N)=O)OC2(CC(C)(C)NC(C)(C)C2)C(=O)N1C1CCCCC1. The molecular formula is C23H41N3O3. The summed E-state index contributed by atoms with van der Waals surface area (Å²) in [6, 6.07) is 0.0383. The highest BCUT2D eigenvalue weighted by molar-refractivity contribution is 5.96. The Morgan fingerprint density at radius 2 is 1.69 bits per heavy atom. The molecule has 1 unspecified atom stereocenters. The third-order valence-electron chi connectivity index (χ3n) is 6.88. The van der Waals surface area contributed by atoms with Crippen LogP contribution in [0.15, 0.2) is 0 Å². The number of nitrogens with zero attached hydrogens (tertiary/aromatic N) is 1. The van der Waals surface area contributed by atoms with Crippen LogP contribution in [-0.4, -0.2) is 45.2 Å². The summed E-state index contributed by atoms with van der Waals surface area (Å²) < 4.78 is 6.70. The van der Waals surface area contributed by atoms with Gasteiger partial charge in [-0.3, -0.25) is 9.59 Å². The number of rotatable bonds is 5. The Morgan fingerprint density at radius 3 is 2.17 bits per heavy atom. The molecule has 3 N–H and O–H groups in total. The van der Waals surface area contributed by atoms with Gasteiger partial charge in [0.1, 0.15) is 0 Å². The van der Waals surface area contributed by atoms with Gasteiger partial charge in [0, 0.05) is 36.4 Å². The number of piperidine rings is 1. The summed E-state index contributed by atoms with van der Waals surface area (Å²) in [5.74, 6) is -0.131. The third-order valence-corrected chi connectivity index (χ3v) is 6.88. The first-order valence-corrected chi connectivity index (χ1v) is 11.5. The number of nitrogens with two attached hydrogens (primary N) is 1. The lowest BCUT2D eigenvalue weighted by Gasteiger charge is -2.50. The first-order valence-electron chi connectivity index (χ1n) is 11.5. The fourth-order valence-corrected chi connectivity index (χ4v) is 6.27. The highest BCUT2D eigenvalue weighted by Gasteiger charge is 2.67. The van der Waals surface area contributed by atoms with Crippen molar-refractivity contribution < 1.29 is 14.3 Å². The van der Waals surface area contributed by atoms with Crippen molar-refractivity contribution in [1.82, 2.24) is 10.2 Å².